The Balaban J connectivity index is 1.82. The summed E-state index contributed by atoms with van der Waals surface area (Å²) in [4.78, 5) is 7.39. The Bertz CT molecular complexity index is 1150. The van der Waals surface area contributed by atoms with E-state index in [1.54, 1.807) is 6.07 Å². The van der Waals surface area contributed by atoms with E-state index in [4.69, 9.17) is 14.9 Å². The highest BCUT2D eigenvalue weighted by Gasteiger charge is 2.21. The van der Waals surface area contributed by atoms with Gasteiger partial charge in [-0.25, -0.2) is 4.39 Å². The third-order valence-electron chi connectivity index (χ3n) is 4.24. The van der Waals surface area contributed by atoms with E-state index >= 15 is 0 Å². The number of anilines is 2. The van der Waals surface area contributed by atoms with Gasteiger partial charge in [-0.05, 0) is 24.3 Å². The molecule has 0 spiro atoms. The maximum Gasteiger partial charge on any atom is 0.293 e. The summed E-state index contributed by atoms with van der Waals surface area (Å²) >= 11 is 3.49. The molecule has 2 aromatic heterocycles. The second kappa shape index (κ2) is 5.13. The summed E-state index contributed by atoms with van der Waals surface area (Å²) in [6.45, 7) is 1.20. The molecule has 0 saturated carbocycles. The molecule has 4 aromatic rings. The number of nitrogens with one attached hydrogen (secondary N) is 2. The first kappa shape index (κ1) is 14.6. The van der Waals surface area contributed by atoms with Gasteiger partial charge >= 0.3 is 0 Å². The first-order chi connectivity index (χ1) is 12.1. The molecule has 0 atom stereocenters. The lowest BCUT2D eigenvalue weighted by Crippen LogP contribution is -2.08. The average Bonchev–Trinajstić information content (AvgIpc) is 3.03. The summed E-state index contributed by atoms with van der Waals surface area (Å²) in [6.07, 6.45) is 0. The highest BCUT2D eigenvalue weighted by molar-refractivity contribution is 9.10. The summed E-state index contributed by atoms with van der Waals surface area (Å²) in [5, 5.41) is 4.31. The molecule has 3 heterocycles. The zero-order valence-electron chi connectivity index (χ0n) is 12.8. The van der Waals surface area contributed by atoms with Gasteiger partial charge in [0.15, 0.2) is 11.4 Å². The van der Waals surface area contributed by atoms with Gasteiger partial charge in [-0.15, -0.1) is 0 Å². The Morgan fingerprint density at radius 1 is 1.24 bits per heavy atom. The maximum absolute atomic E-state index is 14.4. The minimum Gasteiger partial charge on any atom is -0.491 e. The predicted molar refractivity (Wildman–Crippen MR) is 97.4 cm³/mol. The van der Waals surface area contributed by atoms with E-state index in [1.807, 2.05) is 12.1 Å². The molecule has 0 bridgehead atoms. The van der Waals surface area contributed by atoms with Crippen LogP contribution in [0.15, 0.2) is 33.2 Å². The molecule has 0 unspecified atom stereocenters. The fourth-order valence-electron chi connectivity index (χ4n) is 3.26. The number of ether oxygens (including phenoxy) is 1. The molecule has 25 heavy (non-hydrogen) atoms. The molecule has 6 nitrogen and oxygen atoms in total. The van der Waals surface area contributed by atoms with Gasteiger partial charge in [0.05, 0.1) is 22.3 Å². The molecule has 5 rings (SSSR count). The molecule has 8 heteroatoms. The molecule has 1 aliphatic rings. The van der Waals surface area contributed by atoms with Gasteiger partial charge in [-0.3, -0.25) is 0 Å². The zero-order valence-corrected chi connectivity index (χ0v) is 14.4. The molecule has 0 aliphatic carbocycles. The molecule has 1 aliphatic heterocycles. The number of benzene rings is 2. The van der Waals surface area contributed by atoms with Crippen molar-refractivity contribution in [2.45, 2.75) is 0 Å². The molecular formula is C17H12BrFN4O2. The topological polar surface area (TPSA) is 89.1 Å². The van der Waals surface area contributed by atoms with Crippen LogP contribution in [0.3, 0.4) is 0 Å². The van der Waals surface area contributed by atoms with Gasteiger partial charge < -0.3 is 25.2 Å². The third kappa shape index (κ3) is 2.17. The second-order valence-corrected chi connectivity index (χ2v) is 6.75. The number of nitrogens with zero attached hydrogens (tertiary/aromatic N) is 1. The van der Waals surface area contributed by atoms with Gasteiger partial charge in [0.2, 0.25) is 0 Å². The van der Waals surface area contributed by atoms with Crippen molar-refractivity contribution in [2.24, 2.45) is 0 Å². The Labute approximate surface area is 149 Å². The number of nitrogen functional groups attached to an aromatic ring is 1. The van der Waals surface area contributed by atoms with Crippen LogP contribution in [-0.4, -0.2) is 23.1 Å². The van der Waals surface area contributed by atoms with Crippen LogP contribution in [0.1, 0.15) is 0 Å². The summed E-state index contributed by atoms with van der Waals surface area (Å²) in [5.74, 6) is 0.271. The normalized spacial score (nSPS) is 13.7. The van der Waals surface area contributed by atoms with E-state index in [2.05, 4.69) is 31.2 Å². The van der Waals surface area contributed by atoms with Crippen LogP contribution in [0.5, 0.6) is 5.75 Å². The van der Waals surface area contributed by atoms with Crippen molar-refractivity contribution in [3.63, 3.8) is 0 Å². The lowest BCUT2D eigenvalue weighted by Gasteiger charge is -2.06. The number of aromatic amines is 1. The Morgan fingerprint density at radius 3 is 3.00 bits per heavy atom. The van der Waals surface area contributed by atoms with E-state index in [9.17, 15) is 4.39 Å². The van der Waals surface area contributed by atoms with Crippen LogP contribution in [0.25, 0.3) is 33.3 Å². The largest absolute Gasteiger partial charge is 0.491 e. The van der Waals surface area contributed by atoms with Crippen LogP contribution >= 0.6 is 15.9 Å². The van der Waals surface area contributed by atoms with Crippen LogP contribution in [0.2, 0.25) is 0 Å². The molecule has 4 N–H and O–H groups in total. The van der Waals surface area contributed by atoms with Crippen molar-refractivity contribution in [3.8, 4) is 17.0 Å². The van der Waals surface area contributed by atoms with Crippen LogP contribution < -0.4 is 15.8 Å². The highest BCUT2D eigenvalue weighted by atomic mass is 79.9. The molecule has 0 saturated heterocycles. The Hall–Kier alpha value is -2.74. The van der Waals surface area contributed by atoms with Crippen LogP contribution in [0.4, 0.5) is 16.1 Å². The molecule has 2 aromatic carbocycles. The van der Waals surface area contributed by atoms with Crippen molar-refractivity contribution in [1.82, 2.24) is 9.97 Å². The number of aromatic nitrogens is 2. The molecule has 0 radical (unpaired) electrons. The summed E-state index contributed by atoms with van der Waals surface area (Å²) in [6, 6.07) is 7.00. The standard InChI is InChI=1S/C17H12BrFN4O2/c18-8-5-10-13-12(6-8)24-2-1-21-15(13)14(22-10)7-3-9(19)16-11(4-7)23-17(20)25-16/h3-6,21-22H,1-2H2,(H2,20,23). The second-order valence-electron chi connectivity index (χ2n) is 5.84. The zero-order chi connectivity index (χ0) is 17.1. The first-order valence-electron chi connectivity index (χ1n) is 7.68. The van der Waals surface area contributed by atoms with Crippen molar-refractivity contribution in [1.29, 1.82) is 0 Å². The van der Waals surface area contributed by atoms with Crippen molar-refractivity contribution < 1.29 is 13.5 Å². The lowest BCUT2D eigenvalue weighted by molar-refractivity contribution is 0.339. The molecular weight excluding hydrogens is 391 g/mol. The number of fused-ring (bicyclic) bond motifs is 1. The predicted octanol–water partition coefficient (Wildman–Crippen LogP) is 4.26. The van der Waals surface area contributed by atoms with E-state index in [0.717, 1.165) is 32.5 Å². The van der Waals surface area contributed by atoms with Crippen LogP contribution in [-0.2, 0) is 0 Å². The van der Waals surface area contributed by atoms with Gasteiger partial charge in [-0.1, -0.05) is 15.9 Å². The number of rotatable bonds is 1. The summed E-state index contributed by atoms with van der Waals surface area (Å²) < 4.78 is 26.3. The van der Waals surface area contributed by atoms with Crippen LogP contribution in [0, 0.1) is 5.82 Å². The van der Waals surface area contributed by atoms with E-state index in [0.29, 0.717) is 24.2 Å². The third-order valence-corrected chi connectivity index (χ3v) is 4.70. The Kier molecular flexibility index (Phi) is 2.99. The average molecular weight is 403 g/mol. The van der Waals surface area contributed by atoms with Crippen molar-refractivity contribution in [3.05, 3.63) is 34.6 Å². The number of halogens is 2. The maximum atomic E-state index is 14.4. The number of oxazole rings is 1. The van der Waals surface area contributed by atoms with Gasteiger partial charge in [-0.2, -0.15) is 4.98 Å². The molecule has 0 fully saturated rings. The summed E-state index contributed by atoms with van der Waals surface area (Å²) in [5.41, 5.74) is 9.18. The fourth-order valence-corrected chi connectivity index (χ4v) is 3.69. The Morgan fingerprint density at radius 2 is 2.12 bits per heavy atom. The number of H-pyrrole nitrogens is 1. The van der Waals surface area contributed by atoms with Gasteiger partial charge in [0.1, 0.15) is 17.9 Å². The fraction of sp³-hybridized carbons (Fsp3) is 0.118. The van der Waals surface area contributed by atoms with E-state index in [1.165, 1.54) is 6.07 Å². The monoisotopic (exact) mass is 402 g/mol. The number of hydrogen-bond donors (Lipinski definition) is 3. The van der Waals surface area contributed by atoms with E-state index in [-0.39, 0.29) is 11.6 Å². The minimum absolute atomic E-state index is 0.0569. The molecule has 0 amide bonds. The molecule has 126 valence electrons. The quantitative estimate of drug-likeness (QED) is 0.442. The number of hydrogen-bond acceptors (Lipinski definition) is 5. The smallest absolute Gasteiger partial charge is 0.293 e. The van der Waals surface area contributed by atoms with E-state index < -0.39 is 5.82 Å². The van der Waals surface area contributed by atoms with Crippen molar-refractivity contribution >= 4 is 49.6 Å². The van der Waals surface area contributed by atoms with Gasteiger partial charge in [0.25, 0.3) is 6.01 Å². The summed E-state index contributed by atoms with van der Waals surface area (Å²) in [7, 11) is 0. The lowest BCUT2D eigenvalue weighted by atomic mass is 10.1. The van der Waals surface area contributed by atoms with Gasteiger partial charge in [0, 0.05) is 16.6 Å². The first-order valence-corrected chi connectivity index (χ1v) is 8.47. The number of nitrogens with two attached hydrogens (primary N) is 1. The highest BCUT2D eigenvalue weighted by Crippen LogP contribution is 2.43. The minimum atomic E-state index is -0.506. The van der Waals surface area contributed by atoms with Crippen molar-refractivity contribution in [2.75, 3.05) is 24.2 Å². The SMILES string of the molecule is Nc1nc2cc(-c3[nH]c4cc(Br)cc5c4c3NCCO5)cc(F)c2o1.